The quantitative estimate of drug-likeness (QED) is 0.660. The number of carbonyl (C=O) groups excluding carboxylic acids is 1. The van der Waals surface area contributed by atoms with Crippen molar-refractivity contribution in [3.05, 3.63) is 0 Å². The molecule has 0 bridgehead atoms. The predicted octanol–water partition coefficient (Wildman–Crippen LogP) is 1.72. The second kappa shape index (κ2) is 8.48. The van der Waals surface area contributed by atoms with E-state index in [0.29, 0.717) is 18.9 Å². The number of amides is 1. The lowest BCUT2D eigenvalue weighted by Gasteiger charge is -2.27. The van der Waals surface area contributed by atoms with Gasteiger partial charge in [-0.3, -0.25) is 4.79 Å². The number of methoxy groups -OCH3 is 1. The van der Waals surface area contributed by atoms with Crippen molar-refractivity contribution in [3.63, 3.8) is 0 Å². The summed E-state index contributed by atoms with van der Waals surface area (Å²) in [6.07, 6.45) is 6.16. The Bertz CT molecular complexity index is 213. The summed E-state index contributed by atoms with van der Waals surface area (Å²) in [6.45, 7) is 2.38. The molecule has 1 aliphatic carbocycles. The van der Waals surface area contributed by atoms with Crippen LogP contribution in [-0.2, 0) is 14.3 Å². The summed E-state index contributed by atoms with van der Waals surface area (Å²) in [6, 6.07) is 0. The number of nitrogens with two attached hydrogens (primary N) is 1. The average molecular weight is 243 g/mol. The molecule has 100 valence electrons. The molecule has 1 saturated carbocycles. The normalized spacial score (nSPS) is 24.8. The van der Waals surface area contributed by atoms with Gasteiger partial charge in [0.25, 0.3) is 0 Å². The van der Waals surface area contributed by atoms with Crippen LogP contribution in [0.4, 0.5) is 0 Å². The van der Waals surface area contributed by atoms with E-state index in [2.05, 4.69) is 0 Å². The molecule has 0 saturated heterocycles. The van der Waals surface area contributed by atoms with Crippen molar-refractivity contribution in [1.82, 2.24) is 0 Å². The van der Waals surface area contributed by atoms with Crippen molar-refractivity contribution in [2.75, 3.05) is 26.9 Å². The monoisotopic (exact) mass is 243 g/mol. The second-order valence-electron chi connectivity index (χ2n) is 4.99. The van der Waals surface area contributed by atoms with Gasteiger partial charge in [-0.25, -0.2) is 0 Å². The Morgan fingerprint density at radius 3 is 2.29 bits per heavy atom. The Balaban J connectivity index is 1.97. The molecule has 17 heavy (non-hydrogen) atoms. The summed E-state index contributed by atoms with van der Waals surface area (Å²) in [5.74, 6) is 1.19. The number of hydrogen-bond donors (Lipinski definition) is 1. The van der Waals surface area contributed by atoms with E-state index in [1.165, 1.54) is 25.7 Å². The van der Waals surface area contributed by atoms with Crippen LogP contribution in [0.3, 0.4) is 0 Å². The highest BCUT2D eigenvalue weighted by Crippen LogP contribution is 2.28. The van der Waals surface area contributed by atoms with Crippen molar-refractivity contribution in [2.45, 2.75) is 38.5 Å². The van der Waals surface area contributed by atoms with Crippen LogP contribution in [0.25, 0.3) is 0 Å². The zero-order chi connectivity index (χ0) is 12.5. The molecule has 0 heterocycles. The topological polar surface area (TPSA) is 61.6 Å². The first-order valence-corrected chi connectivity index (χ1v) is 6.57. The molecule has 1 fully saturated rings. The van der Waals surface area contributed by atoms with Crippen molar-refractivity contribution < 1.29 is 14.3 Å². The van der Waals surface area contributed by atoms with E-state index in [0.717, 1.165) is 25.6 Å². The van der Waals surface area contributed by atoms with Crippen molar-refractivity contribution in [2.24, 2.45) is 17.6 Å². The standard InChI is InChI=1S/C13H25NO3/c1-16-9-11-4-6-12(7-5-11)10-17-8-2-3-13(14)15/h11-12H,2-10H2,1H3,(H2,14,15). The van der Waals surface area contributed by atoms with E-state index in [1.54, 1.807) is 7.11 Å². The molecule has 0 aromatic heterocycles. The van der Waals surface area contributed by atoms with Gasteiger partial charge in [-0.15, -0.1) is 0 Å². The number of rotatable bonds is 8. The second-order valence-corrected chi connectivity index (χ2v) is 4.99. The Kier molecular flexibility index (Phi) is 7.21. The fourth-order valence-electron chi connectivity index (χ4n) is 2.40. The molecule has 0 unspecified atom stereocenters. The first-order valence-electron chi connectivity index (χ1n) is 6.57. The largest absolute Gasteiger partial charge is 0.384 e. The minimum absolute atomic E-state index is 0.242. The number of primary amides is 1. The molecular weight excluding hydrogens is 218 g/mol. The maximum Gasteiger partial charge on any atom is 0.217 e. The minimum atomic E-state index is -0.242. The van der Waals surface area contributed by atoms with E-state index in [9.17, 15) is 4.79 Å². The first kappa shape index (κ1) is 14.5. The fraction of sp³-hybridized carbons (Fsp3) is 0.923. The van der Waals surface area contributed by atoms with E-state index in [1.807, 2.05) is 0 Å². The molecule has 0 aliphatic heterocycles. The molecular formula is C13H25NO3. The summed E-state index contributed by atoms with van der Waals surface area (Å²) in [5, 5.41) is 0. The maximum absolute atomic E-state index is 10.5. The van der Waals surface area contributed by atoms with Gasteiger partial charge in [-0.05, 0) is 43.9 Å². The van der Waals surface area contributed by atoms with Gasteiger partial charge in [0.2, 0.25) is 5.91 Å². The van der Waals surface area contributed by atoms with Crippen LogP contribution in [0.2, 0.25) is 0 Å². The maximum atomic E-state index is 10.5. The highest BCUT2D eigenvalue weighted by atomic mass is 16.5. The molecule has 4 nitrogen and oxygen atoms in total. The number of carbonyl (C=O) groups is 1. The molecule has 1 aliphatic rings. The lowest BCUT2D eigenvalue weighted by molar-refractivity contribution is -0.118. The van der Waals surface area contributed by atoms with Gasteiger partial charge in [0.05, 0.1) is 0 Å². The van der Waals surface area contributed by atoms with Crippen LogP contribution < -0.4 is 5.73 Å². The summed E-state index contributed by atoms with van der Waals surface area (Å²) in [5.41, 5.74) is 5.05. The van der Waals surface area contributed by atoms with Crippen LogP contribution in [0, 0.1) is 11.8 Å². The molecule has 0 radical (unpaired) electrons. The lowest BCUT2D eigenvalue weighted by Crippen LogP contribution is -2.21. The van der Waals surface area contributed by atoms with Crippen LogP contribution >= 0.6 is 0 Å². The third-order valence-electron chi connectivity index (χ3n) is 3.43. The van der Waals surface area contributed by atoms with Gasteiger partial charge in [0, 0.05) is 33.4 Å². The molecule has 2 N–H and O–H groups in total. The smallest absolute Gasteiger partial charge is 0.217 e. The average Bonchev–Trinajstić information content (AvgIpc) is 2.31. The van der Waals surface area contributed by atoms with Gasteiger partial charge in [0.15, 0.2) is 0 Å². The minimum Gasteiger partial charge on any atom is -0.384 e. The molecule has 0 atom stereocenters. The van der Waals surface area contributed by atoms with Crippen LogP contribution in [0.1, 0.15) is 38.5 Å². The molecule has 1 amide bonds. The Morgan fingerprint density at radius 1 is 1.18 bits per heavy atom. The molecule has 1 rings (SSSR count). The van der Waals surface area contributed by atoms with E-state index in [-0.39, 0.29) is 5.91 Å². The zero-order valence-corrected chi connectivity index (χ0v) is 10.8. The number of ether oxygens (including phenoxy) is 2. The Hall–Kier alpha value is -0.610. The highest BCUT2D eigenvalue weighted by molar-refractivity contribution is 5.73. The van der Waals surface area contributed by atoms with Crippen molar-refractivity contribution in [1.29, 1.82) is 0 Å². The van der Waals surface area contributed by atoms with Crippen LogP contribution in [0.15, 0.2) is 0 Å². The first-order chi connectivity index (χ1) is 8.22. The van der Waals surface area contributed by atoms with Crippen LogP contribution in [-0.4, -0.2) is 32.8 Å². The zero-order valence-electron chi connectivity index (χ0n) is 10.8. The Labute approximate surface area is 104 Å². The summed E-state index contributed by atoms with van der Waals surface area (Å²) in [4.78, 5) is 10.5. The fourth-order valence-corrected chi connectivity index (χ4v) is 2.40. The van der Waals surface area contributed by atoms with E-state index >= 15 is 0 Å². The van der Waals surface area contributed by atoms with Gasteiger partial charge < -0.3 is 15.2 Å². The van der Waals surface area contributed by atoms with Crippen molar-refractivity contribution >= 4 is 5.91 Å². The lowest BCUT2D eigenvalue weighted by atomic mass is 9.83. The van der Waals surface area contributed by atoms with Gasteiger partial charge in [-0.1, -0.05) is 0 Å². The van der Waals surface area contributed by atoms with E-state index < -0.39 is 0 Å². The highest BCUT2D eigenvalue weighted by Gasteiger charge is 2.20. The van der Waals surface area contributed by atoms with Gasteiger partial charge in [0.1, 0.15) is 0 Å². The molecule has 0 aromatic carbocycles. The van der Waals surface area contributed by atoms with Gasteiger partial charge in [-0.2, -0.15) is 0 Å². The van der Waals surface area contributed by atoms with E-state index in [4.69, 9.17) is 15.2 Å². The number of hydrogen-bond acceptors (Lipinski definition) is 3. The molecule has 0 spiro atoms. The predicted molar refractivity (Wildman–Crippen MR) is 66.6 cm³/mol. The summed E-state index contributed by atoms with van der Waals surface area (Å²) < 4.78 is 10.8. The molecule has 0 aromatic rings. The summed E-state index contributed by atoms with van der Waals surface area (Å²) >= 11 is 0. The third kappa shape index (κ3) is 6.64. The summed E-state index contributed by atoms with van der Waals surface area (Å²) in [7, 11) is 1.77. The van der Waals surface area contributed by atoms with Crippen molar-refractivity contribution in [3.8, 4) is 0 Å². The van der Waals surface area contributed by atoms with Gasteiger partial charge >= 0.3 is 0 Å². The molecule has 4 heteroatoms. The van der Waals surface area contributed by atoms with Crippen LogP contribution in [0.5, 0.6) is 0 Å². The Morgan fingerprint density at radius 2 is 1.76 bits per heavy atom. The SMILES string of the molecule is COCC1CCC(COCCCC(N)=O)CC1. The third-order valence-corrected chi connectivity index (χ3v) is 3.43.